The number of piperidine rings is 1. The fourth-order valence-electron chi connectivity index (χ4n) is 6.13. The van der Waals surface area contributed by atoms with Crippen molar-refractivity contribution in [2.75, 3.05) is 39.3 Å². The van der Waals surface area contributed by atoms with Crippen molar-refractivity contribution in [3.05, 3.63) is 108 Å². The number of carbonyl (C=O) groups is 3. The van der Waals surface area contributed by atoms with Crippen LogP contribution in [0.15, 0.2) is 97.1 Å². The number of aromatic nitrogens is 1. The molecule has 44 heavy (non-hydrogen) atoms. The number of piperazine rings is 1. The minimum Gasteiger partial charge on any atom is -0.508 e. The normalized spacial score (nSPS) is 16.1. The number of phenolic OH excluding ortho intramolecular Hbond substituents is 1. The van der Waals surface area contributed by atoms with E-state index in [1.165, 1.54) is 12.1 Å². The standard InChI is InChI=1S/C36H36N4O4/c41-31-13-11-26(12-14-31)23-34(42)36(44)39-17-15-30(16-18-39)38-19-21-40(22-20-38)35(43)29-24-32(27-7-3-1-4-8-27)37-33(25-29)28-9-5-2-6-10-28/h1-14,24-25,30,41H,15-23H2. The van der Waals surface area contributed by atoms with E-state index in [2.05, 4.69) is 4.90 Å². The van der Waals surface area contributed by atoms with E-state index in [1.54, 1.807) is 17.0 Å². The van der Waals surface area contributed by atoms with Crippen molar-refractivity contribution in [2.24, 2.45) is 0 Å². The Bertz CT molecular complexity index is 1550. The van der Waals surface area contributed by atoms with E-state index in [1.807, 2.05) is 77.7 Å². The number of likely N-dealkylation sites (tertiary alicyclic amines) is 1. The molecular weight excluding hydrogens is 552 g/mol. The predicted octanol–water partition coefficient (Wildman–Crippen LogP) is 4.68. The van der Waals surface area contributed by atoms with Crippen LogP contribution in [0.5, 0.6) is 5.75 Å². The highest BCUT2D eigenvalue weighted by Gasteiger charge is 2.32. The summed E-state index contributed by atoms with van der Waals surface area (Å²) in [7, 11) is 0. The Balaban J connectivity index is 1.05. The maximum atomic E-state index is 13.8. The molecule has 2 fully saturated rings. The zero-order valence-corrected chi connectivity index (χ0v) is 24.6. The Kier molecular flexibility index (Phi) is 8.79. The maximum absolute atomic E-state index is 13.8. The van der Waals surface area contributed by atoms with Gasteiger partial charge in [0.2, 0.25) is 5.78 Å². The van der Waals surface area contributed by atoms with Gasteiger partial charge in [-0.05, 0) is 42.7 Å². The second kappa shape index (κ2) is 13.2. The third kappa shape index (κ3) is 6.71. The number of hydrogen-bond acceptors (Lipinski definition) is 6. The van der Waals surface area contributed by atoms with Crippen LogP contribution in [0.1, 0.15) is 28.8 Å². The lowest BCUT2D eigenvalue weighted by Crippen LogP contribution is -2.55. The molecule has 0 radical (unpaired) electrons. The van der Waals surface area contributed by atoms with Crippen molar-refractivity contribution in [2.45, 2.75) is 25.3 Å². The first-order valence-corrected chi connectivity index (χ1v) is 15.2. The van der Waals surface area contributed by atoms with E-state index in [4.69, 9.17) is 4.98 Å². The summed E-state index contributed by atoms with van der Waals surface area (Å²) in [6, 6.07) is 30.3. The third-order valence-electron chi connectivity index (χ3n) is 8.62. The first-order valence-electron chi connectivity index (χ1n) is 15.2. The summed E-state index contributed by atoms with van der Waals surface area (Å²) >= 11 is 0. The van der Waals surface area contributed by atoms with E-state index < -0.39 is 11.7 Å². The molecule has 1 N–H and O–H groups in total. The molecule has 6 rings (SSSR count). The lowest BCUT2D eigenvalue weighted by molar-refractivity contribution is -0.145. The van der Waals surface area contributed by atoms with Gasteiger partial charge < -0.3 is 14.9 Å². The molecule has 0 aliphatic carbocycles. The lowest BCUT2D eigenvalue weighted by Gasteiger charge is -2.42. The van der Waals surface area contributed by atoms with Crippen molar-refractivity contribution in [1.29, 1.82) is 0 Å². The molecule has 1 aromatic heterocycles. The molecule has 3 heterocycles. The second-order valence-corrected chi connectivity index (χ2v) is 11.5. The molecule has 0 saturated carbocycles. The molecule has 0 atom stereocenters. The van der Waals surface area contributed by atoms with Crippen LogP contribution in [-0.2, 0) is 16.0 Å². The summed E-state index contributed by atoms with van der Waals surface area (Å²) in [5.41, 5.74) is 4.83. The average Bonchev–Trinajstić information content (AvgIpc) is 3.09. The summed E-state index contributed by atoms with van der Waals surface area (Å²) < 4.78 is 0. The van der Waals surface area contributed by atoms with Gasteiger partial charge in [-0.3, -0.25) is 19.3 Å². The molecule has 3 aromatic carbocycles. The van der Waals surface area contributed by atoms with Crippen LogP contribution < -0.4 is 0 Å². The number of Topliss-reactive ketones (excluding diaryl/α,β-unsaturated/α-hetero) is 1. The smallest absolute Gasteiger partial charge is 0.290 e. The number of rotatable bonds is 7. The lowest BCUT2D eigenvalue weighted by atomic mass is 10.0. The minimum absolute atomic E-state index is 0.00830. The summed E-state index contributed by atoms with van der Waals surface area (Å²) in [5.74, 6) is -0.724. The first kappa shape index (κ1) is 29.3. The molecule has 2 aliphatic heterocycles. The molecule has 0 spiro atoms. The van der Waals surface area contributed by atoms with Crippen molar-refractivity contribution < 1.29 is 19.5 Å². The number of ketones is 1. The molecule has 2 saturated heterocycles. The number of aromatic hydroxyl groups is 1. The van der Waals surface area contributed by atoms with E-state index in [9.17, 15) is 19.5 Å². The van der Waals surface area contributed by atoms with Crippen molar-refractivity contribution in [3.8, 4) is 28.3 Å². The first-order chi connectivity index (χ1) is 21.4. The quantitative estimate of drug-likeness (QED) is 0.315. The second-order valence-electron chi connectivity index (χ2n) is 11.5. The molecule has 8 nitrogen and oxygen atoms in total. The van der Waals surface area contributed by atoms with Gasteiger partial charge in [0.05, 0.1) is 11.4 Å². The van der Waals surface area contributed by atoms with Crippen LogP contribution in [-0.4, -0.2) is 87.7 Å². The fraction of sp³-hybridized carbons (Fsp3) is 0.278. The van der Waals surface area contributed by atoms with Crippen LogP contribution >= 0.6 is 0 Å². The van der Waals surface area contributed by atoms with Crippen LogP contribution in [0.25, 0.3) is 22.5 Å². The van der Waals surface area contributed by atoms with Crippen LogP contribution in [0.2, 0.25) is 0 Å². The Morgan fingerprint density at radius 3 is 1.77 bits per heavy atom. The Labute approximate surface area is 257 Å². The molecule has 0 bridgehead atoms. The molecule has 2 amide bonds. The fourth-order valence-corrected chi connectivity index (χ4v) is 6.13. The van der Waals surface area contributed by atoms with Crippen LogP contribution in [0.3, 0.4) is 0 Å². The Morgan fingerprint density at radius 1 is 0.682 bits per heavy atom. The van der Waals surface area contributed by atoms with Gasteiger partial charge >= 0.3 is 0 Å². The average molecular weight is 589 g/mol. The zero-order chi connectivity index (χ0) is 30.5. The largest absolute Gasteiger partial charge is 0.508 e. The molecule has 2 aliphatic rings. The number of hydrogen-bond donors (Lipinski definition) is 1. The summed E-state index contributed by atoms with van der Waals surface area (Å²) in [5, 5.41) is 9.44. The predicted molar refractivity (Wildman–Crippen MR) is 169 cm³/mol. The van der Waals surface area contributed by atoms with E-state index in [0.29, 0.717) is 43.3 Å². The van der Waals surface area contributed by atoms with Gasteiger partial charge in [-0.2, -0.15) is 0 Å². The van der Waals surface area contributed by atoms with E-state index >= 15 is 0 Å². The number of amides is 2. The number of pyridine rings is 1. The monoisotopic (exact) mass is 588 g/mol. The van der Waals surface area contributed by atoms with Gasteiger partial charge in [-0.25, -0.2) is 4.98 Å². The van der Waals surface area contributed by atoms with Crippen molar-refractivity contribution >= 4 is 17.6 Å². The highest BCUT2D eigenvalue weighted by Crippen LogP contribution is 2.26. The molecule has 8 heteroatoms. The third-order valence-corrected chi connectivity index (χ3v) is 8.62. The van der Waals surface area contributed by atoms with Gasteiger partial charge in [-0.15, -0.1) is 0 Å². The molecule has 0 unspecified atom stereocenters. The van der Waals surface area contributed by atoms with Gasteiger partial charge in [0.1, 0.15) is 5.75 Å². The Hall–Kier alpha value is -4.82. The highest BCUT2D eigenvalue weighted by molar-refractivity contribution is 6.36. The maximum Gasteiger partial charge on any atom is 0.290 e. The SMILES string of the molecule is O=C(Cc1ccc(O)cc1)C(=O)N1CCC(N2CCN(C(=O)c3cc(-c4ccccc4)nc(-c4ccccc4)c3)CC2)CC1. The number of carbonyl (C=O) groups excluding carboxylic acids is 3. The summed E-state index contributed by atoms with van der Waals surface area (Å²) in [4.78, 5) is 50.1. The molecular formula is C36H36N4O4. The van der Waals surface area contributed by atoms with Gasteiger partial charge in [0.25, 0.3) is 11.8 Å². The highest BCUT2D eigenvalue weighted by atomic mass is 16.3. The number of nitrogens with zero attached hydrogens (tertiary/aromatic N) is 4. The van der Waals surface area contributed by atoms with Crippen LogP contribution in [0, 0.1) is 0 Å². The molecule has 4 aromatic rings. The minimum atomic E-state index is -0.436. The van der Waals surface area contributed by atoms with Crippen molar-refractivity contribution in [3.63, 3.8) is 0 Å². The van der Waals surface area contributed by atoms with Gasteiger partial charge in [0.15, 0.2) is 0 Å². The van der Waals surface area contributed by atoms with E-state index in [-0.39, 0.29) is 18.1 Å². The Morgan fingerprint density at radius 2 is 1.23 bits per heavy atom. The number of phenols is 1. The van der Waals surface area contributed by atoms with Gasteiger partial charge in [-0.1, -0.05) is 72.8 Å². The topological polar surface area (TPSA) is 94.0 Å². The van der Waals surface area contributed by atoms with Crippen molar-refractivity contribution in [1.82, 2.24) is 19.7 Å². The molecule has 224 valence electrons. The van der Waals surface area contributed by atoms with E-state index in [0.717, 1.165) is 48.4 Å². The van der Waals surface area contributed by atoms with Crippen LogP contribution in [0.4, 0.5) is 0 Å². The summed E-state index contributed by atoms with van der Waals surface area (Å²) in [6.45, 7) is 3.90. The number of benzene rings is 3. The summed E-state index contributed by atoms with van der Waals surface area (Å²) in [6.07, 6.45) is 1.64. The zero-order valence-electron chi connectivity index (χ0n) is 24.6. The van der Waals surface area contributed by atoms with Gasteiger partial charge in [0, 0.05) is 68.4 Å².